The summed E-state index contributed by atoms with van der Waals surface area (Å²) in [5.41, 5.74) is 0.824. The molecular formula is C10H8ClNO2. The Morgan fingerprint density at radius 3 is 2.93 bits per heavy atom. The van der Waals surface area contributed by atoms with Crippen LogP contribution in [0.1, 0.15) is 6.92 Å². The molecule has 0 fully saturated rings. The van der Waals surface area contributed by atoms with Crippen LogP contribution in [0.3, 0.4) is 0 Å². The lowest BCUT2D eigenvalue weighted by molar-refractivity contribution is -0.140. The first-order valence-electron chi connectivity index (χ1n) is 4.12. The van der Waals surface area contributed by atoms with Gasteiger partial charge in [-0.05, 0) is 24.3 Å². The van der Waals surface area contributed by atoms with Gasteiger partial charge in [0.1, 0.15) is 0 Å². The zero-order chi connectivity index (χ0) is 10.1. The summed E-state index contributed by atoms with van der Waals surface area (Å²) in [6, 6.07) is 7.21. The minimum Gasteiger partial charge on any atom is -0.337 e. The molecule has 72 valence electrons. The predicted octanol–water partition coefficient (Wildman–Crippen LogP) is 2.27. The van der Waals surface area contributed by atoms with Crippen molar-refractivity contribution in [3.8, 4) is 0 Å². The average Bonchev–Trinajstić information content (AvgIpc) is 2.47. The number of hydrogen-bond acceptors (Lipinski definition) is 2. The zero-order valence-electron chi connectivity index (χ0n) is 7.53. The number of carbonyl (C=O) groups excluding carboxylic acids is 1. The molecule has 0 aliphatic rings. The second kappa shape index (κ2) is 3.35. The third-order valence-electron chi connectivity index (χ3n) is 1.84. The number of hydrogen-bond donors (Lipinski definition) is 0. The van der Waals surface area contributed by atoms with Crippen molar-refractivity contribution in [2.45, 2.75) is 6.92 Å². The number of fused-ring (bicyclic) bond motifs is 1. The number of rotatable bonds is 1. The van der Waals surface area contributed by atoms with Crippen LogP contribution in [0.5, 0.6) is 0 Å². The quantitative estimate of drug-likeness (QED) is 0.722. The number of carbonyl (C=O) groups is 1. The fourth-order valence-electron chi connectivity index (χ4n) is 1.31. The lowest BCUT2D eigenvalue weighted by atomic mass is 10.2. The molecule has 0 bridgehead atoms. The van der Waals surface area contributed by atoms with Crippen molar-refractivity contribution in [2.75, 3.05) is 0 Å². The largest absolute Gasteiger partial charge is 0.337 e. The molecule has 2 aromatic rings. The Hall–Kier alpha value is -1.48. The van der Waals surface area contributed by atoms with E-state index in [4.69, 9.17) is 16.4 Å². The van der Waals surface area contributed by atoms with Crippen LogP contribution in [-0.4, -0.2) is 10.7 Å². The summed E-state index contributed by atoms with van der Waals surface area (Å²) in [5.74, 6) is -0.350. The smallest absolute Gasteiger partial charge is 0.329 e. The molecule has 14 heavy (non-hydrogen) atoms. The minimum absolute atomic E-state index is 0.350. The Kier molecular flexibility index (Phi) is 2.17. The van der Waals surface area contributed by atoms with Gasteiger partial charge in [-0.1, -0.05) is 11.6 Å². The zero-order valence-corrected chi connectivity index (χ0v) is 8.28. The highest BCUT2D eigenvalue weighted by Crippen LogP contribution is 2.19. The third kappa shape index (κ3) is 1.59. The number of benzene rings is 1. The molecule has 0 amide bonds. The van der Waals surface area contributed by atoms with Gasteiger partial charge in [0.25, 0.3) is 0 Å². The van der Waals surface area contributed by atoms with E-state index >= 15 is 0 Å². The summed E-state index contributed by atoms with van der Waals surface area (Å²) < 4.78 is 1.42. The summed E-state index contributed by atoms with van der Waals surface area (Å²) in [6.45, 7) is 1.36. The molecular weight excluding hydrogens is 202 g/mol. The van der Waals surface area contributed by atoms with Crippen molar-refractivity contribution >= 4 is 28.5 Å². The standard InChI is InChI=1S/C10H8ClNO2/c1-7(13)14-12-5-4-8-6-9(11)2-3-10(8)12/h2-6H,1H3. The molecule has 1 heterocycles. The van der Waals surface area contributed by atoms with Gasteiger partial charge in [-0.15, -0.1) is 0 Å². The van der Waals surface area contributed by atoms with Crippen molar-refractivity contribution in [1.82, 2.24) is 4.73 Å². The lowest BCUT2D eigenvalue weighted by Gasteiger charge is -2.02. The van der Waals surface area contributed by atoms with E-state index in [1.165, 1.54) is 11.7 Å². The molecule has 1 aromatic carbocycles. The van der Waals surface area contributed by atoms with Crippen LogP contribution in [-0.2, 0) is 4.79 Å². The lowest BCUT2D eigenvalue weighted by Crippen LogP contribution is -2.14. The normalized spacial score (nSPS) is 10.4. The van der Waals surface area contributed by atoms with Crippen molar-refractivity contribution in [3.63, 3.8) is 0 Å². The maximum absolute atomic E-state index is 10.8. The number of aromatic nitrogens is 1. The molecule has 0 unspecified atom stereocenters. The van der Waals surface area contributed by atoms with E-state index < -0.39 is 0 Å². The summed E-state index contributed by atoms with van der Waals surface area (Å²) in [6.07, 6.45) is 1.68. The second-order valence-electron chi connectivity index (χ2n) is 2.93. The molecule has 3 nitrogen and oxygen atoms in total. The molecule has 2 rings (SSSR count). The van der Waals surface area contributed by atoms with E-state index in [1.807, 2.05) is 12.1 Å². The Morgan fingerprint density at radius 1 is 1.43 bits per heavy atom. The maximum Gasteiger partial charge on any atom is 0.329 e. The van der Waals surface area contributed by atoms with Gasteiger partial charge in [0.15, 0.2) is 0 Å². The molecule has 0 aliphatic carbocycles. The van der Waals surface area contributed by atoms with E-state index in [2.05, 4.69) is 0 Å². The van der Waals surface area contributed by atoms with Gasteiger partial charge in [0.2, 0.25) is 0 Å². The van der Waals surface area contributed by atoms with E-state index in [1.54, 1.807) is 18.3 Å². The first-order valence-corrected chi connectivity index (χ1v) is 4.50. The molecule has 0 atom stereocenters. The van der Waals surface area contributed by atoms with Gasteiger partial charge in [-0.25, -0.2) is 4.79 Å². The molecule has 0 N–H and O–H groups in total. The molecule has 0 aliphatic heterocycles. The highest BCUT2D eigenvalue weighted by molar-refractivity contribution is 6.31. The molecule has 0 saturated heterocycles. The number of halogens is 1. The molecule has 0 spiro atoms. The third-order valence-corrected chi connectivity index (χ3v) is 2.08. The van der Waals surface area contributed by atoms with Crippen molar-refractivity contribution in [1.29, 1.82) is 0 Å². The van der Waals surface area contributed by atoms with Gasteiger partial charge in [-0.3, -0.25) is 0 Å². The van der Waals surface area contributed by atoms with Crippen LogP contribution in [0.15, 0.2) is 30.5 Å². The topological polar surface area (TPSA) is 31.2 Å². The monoisotopic (exact) mass is 209 g/mol. The summed E-state index contributed by atoms with van der Waals surface area (Å²) in [7, 11) is 0. The van der Waals surface area contributed by atoms with Gasteiger partial charge >= 0.3 is 5.97 Å². The Morgan fingerprint density at radius 2 is 2.21 bits per heavy atom. The van der Waals surface area contributed by atoms with Gasteiger partial charge in [0, 0.05) is 23.5 Å². The summed E-state index contributed by atoms with van der Waals surface area (Å²) in [4.78, 5) is 15.7. The van der Waals surface area contributed by atoms with Gasteiger partial charge < -0.3 is 4.84 Å². The first-order chi connectivity index (χ1) is 6.66. The molecule has 4 heteroatoms. The number of nitrogens with zero attached hydrogens (tertiary/aromatic N) is 1. The van der Waals surface area contributed by atoms with Crippen molar-refractivity contribution in [2.24, 2.45) is 0 Å². The van der Waals surface area contributed by atoms with Gasteiger partial charge in [-0.2, -0.15) is 4.73 Å². The highest BCUT2D eigenvalue weighted by atomic mass is 35.5. The van der Waals surface area contributed by atoms with E-state index in [-0.39, 0.29) is 5.97 Å². The van der Waals surface area contributed by atoms with E-state index in [0.717, 1.165) is 10.9 Å². The van der Waals surface area contributed by atoms with Crippen LogP contribution in [0.25, 0.3) is 10.9 Å². The minimum atomic E-state index is -0.350. The average molecular weight is 210 g/mol. The fourth-order valence-corrected chi connectivity index (χ4v) is 1.49. The maximum atomic E-state index is 10.8. The van der Waals surface area contributed by atoms with Crippen molar-refractivity contribution in [3.05, 3.63) is 35.5 Å². The van der Waals surface area contributed by atoms with E-state index in [0.29, 0.717) is 5.02 Å². The Labute approximate surface area is 85.8 Å². The fraction of sp³-hybridized carbons (Fsp3) is 0.100. The Bertz CT molecular complexity index is 490. The van der Waals surface area contributed by atoms with Crippen LogP contribution >= 0.6 is 11.6 Å². The van der Waals surface area contributed by atoms with Crippen LogP contribution in [0.2, 0.25) is 5.02 Å². The summed E-state index contributed by atoms with van der Waals surface area (Å²) >= 11 is 5.82. The van der Waals surface area contributed by atoms with Crippen LogP contribution < -0.4 is 4.84 Å². The second-order valence-corrected chi connectivity index (χ2v) is 3.36. The summed E-state index contributed by atoms with van der Waals surface area (Å²) in [5, 5.41) is 1.61. The van der Waals surface area contributed by atoms with Gasteiger partial charge in [0.05, 0.1) is 5.52 Å². The molecule has 0 radical (unpaired) electrons. The van der Waals surface area contributed by atoms with Crippen molar-refractivity contribution < 1.29 is 9.63 Å². The molecule has 0 saturated carbocycles. The Balaban J connectivity index is 2.52. The van der Waals surface area contributed by atoms with E-state index in [9.17, 15) is 4.79 Å². The predicted molar refractivity (Wildman–Crippen MR) is 54.2 cm³/mol. The molecule has 1 aromatic heterocycles. The first kappa shape index (κ1) is 9.09. The SMILES string of the molecule is CC(=O)On1ccc2cc(Cl)ccc21. The van der Waals surface area contributed by atoms with Crippen LogP contribution in [0.4, 0.5) is 0 Å². The van der Waals surface area contributed by atoms with Crippen LogP contribution in [0, 0.1) is 0 Å². The highest BCUT2D eigenvalue weighted by Gasteiger charge is 2.03.